The van der Waals surface area contributed by atoms with Gasteiger partial charge in [0.2, 0.25) is 12.7 Å². The zero-order valence-electron chi connectivity index (χ0n) is 14.9. The van der Waals surface area contributed by atoms with Gasteiger partial charge in [0.05, 0.1) is 13.5 Å². The molecule has 0 radical (unpaired) electrons. The molecule has 0 bridgehead atoms. The fraction of sp³-hybridized carbons (Fsp3) is 0.211. The third-order valence-corrected chi connectivity index (χ3v) is 3.77. The molecule has 0 aliphatic carbocycles. The first-order valence-corrected chi connectivity index (χ1v) is 8.22. The normalized spacial score (nSPS) is 12.4. The summed E-state index contributed by atoms with van der Waals surface area (Å²) in [5, 5.41) is 6.72. The quantitative estimate of drug-likeness (QED) is 0.602. The van der Waals surface area contributed by atoms with Crippen molar-refractivity contribution in [1.29, 1.82) is 0 Å². The van der Waals surface area contributed by atoms with Gasteiger partial charge in [-0.2, -0.15) is 5.10 Å². The van der Waals surface area contributed by atoms with Crippen LogP contribution in [0.4, 0.5) is 5.69 Å². The van der Waals surface area contributed by atoms with E-state index in [1.807, 2.05) is 0 Å². The number of hydrazone groups is 1. The Hall–Kier alpha value is -3.55. The van der Waals surface area contributed by atoms with Gasteiger partial charge in [-0.05, 0) is 43.3 Å². The minimum atomic E-state index is -0.367. The van der Waals surface area contributed by atoms with E-state index < -0.39 is 0 Å². The monoisotopic (exact) mass is 369 g/mol. The average Bonchev–Trinajstić information content (AvgIpc) is 3.14. The van der Waals surface area contributed by atoms with Crippen molar-refractivity contribution >= 4 is 23.2 Å². The molecule has 1 aliphatic heterocycles. The molecule has 0 fully saturated rings. The number of rotatable bonds is 6. The van der Waals surface area contributed by atoms with E-state index in [1.165, 1.54) is 0 Å². The second kappa shape index (κ2) is 8.22. The van der Waals surface area contributed by atoms with Crippen molar-refractivity contribution in [2.24, 2.45) is 5.10 Å². The fourth-order valence-electron chi connectivity index (χ4n) is 2.40. The number of benzene rings is 2. The summed E-state index contributed by atoms with van der Waals surface area (Å²) >= 11 is 0. The van der Waals surface area contributed by atoms with Crippen LogP contribution in [0.25, 0.3) is 0 Å². The molecule has 0 saturated carbocycles. The van der Waals surface area contributed by atoms with Gasteiger partial charge in [-0.1, -0.05) is 0 Å². The van der Waals surface area contributed by atoms with Crippen LogP contribution < -0.4 is 25.0 Å². The number of hydrogen-bond donors (Lipinski definition) is 2. The van der Waals surface area contributed by atoms with Crippen LogP contribution in [0.5, 0.6) is 17.2 Å². The Morgan fingerprint density at radius 3 is 2.59 bits per heavy atom. The van der Waals surface area contributed by atoms with Gasteiger partial charge >= 0.3 is 0 Å². The number of fused-ring (bicyclic) bond motifs is 1. The molecule has 0 spiro atoms. The summed E-state index contributed by atoms with van der Waals surface area (Å²) in [7, 11) is 1.55. The number of carbonyl (C=O) groups is 2. The lowest BCUT2D eigenvalue weighted by Crippen LogP contribution is -2.21. The van der Waals surface area contributed by atoms with E-state index >= 15 is 0 Å². The number of ether oxygens (including phenoxy) is 3. The highest BCUT2D eigenvalue weighted by Gasteiger charge is 2.14. The molecule has 0 atom stereocenters. The molecular formula is C19H19N3O5. The van der Waals surface area contributed by atoms with Crippen molar-refractivity contribution in [2.45, 2.75) is 13.3 Å². The first-order valence-electron chi connectivity index (χ1n) is 8.22. The van der Waals surface area contributed by atoms with Crippen LogP contribution in [0.2, 0.25) is 0 Å². The molecule has 2 aromatic rings. The lowest BCUT2D eigenvalue weighted by molar-refractivity contribution is -0.115. The van der Waals surface area contributed by atoms with Crippen molar-refractivity contribution in [3.8, 4) is 17.2 Å². The molecule has 1 heterocycles. The molecule has 2 aromatic carbocycles. The number of hydrogen-bond acceptors (Lipinski definition) is 6. The highest BCUT2D eigenvalue weighted by molar-refractivity contribution is 6.06. The molecule has 2 N–H and O–H groups in total. The van der Waals surface area contributed by atoms with Gasteiger partial charge in [0.15, 0.2) is 11.5 Å². The Bertz CT molecular complexity index is 877. The summed E-state index contributed by atoms with van der Waals surface area (Å²) in [5.41, 5.74) is 3.94. The van der Waals surface area contributed by atoms with Crippen molar-refractivity contribution in [2.75, 3.05) is 19.2 Å². The molecule has 0 aromatic heterocycles. The molecule has 140 valence electrons. The summed E-state index contributed by atoms with van der Waals surface area (Å²) in [6.07, 6.45) is 0.0390. The second-order valence-corrected chi connectivity index (χ2v) is 5.81. The van der Waals surface area contributed by atoms with Crippen molar-refractivity contribution in [3.63, 3.8) is 0 Å². The second-order valence-electron chi connectivity index (χ2n) is 5.81. The predicted molar refractivity (Wildman–Crippen MR) is 99.4 cm³/mol. The minimum absolute atomic E-state index is 0.0390. The van der Waals surface area contributed by atoms with Gasteiger partial charge < -0.3 is 19.5 Å². The van der Waals surface area contributed by atoms with Crippen LogP contribution in [0.3, 0.4) is 0 Å². The number of methoxy groups -OCH3 is 1. The van der Waals surface area contributed by atoms with E-state index in [9.17, 15) is 9.59 Å². The van der Waals surface area contributed by atoms with Crippen LogP contribution in [0.1, 0.15) is 23.7 Å². The van der Waals surface area contributed by atoms with Crippen molar-refractivity contribution in [3.05, 3.63) is 48.0 Å². The van der Waals surface area contributed by atoms with Crippen LogP contribution >= 0.6 is 0 Å². The number of amides is 2. The topological polar surface area (TPSA) is 98.2 Å². The Morgan fingerprint density at radius 2 is 1.85 bits per heavy atom. The van der Waals surface area contributed by atoms with Crippen LogP contribution in [-0.2, 0) is 4.79 Å². The first-order chi connectivity index (χ1) is 13.0. The summed E-state index contributed by atoms with van der Waals surface area (Å²) in [4.78, 5) is 24.2. The van der Waals surface area contributed by atoms with E-state index in [0.29, 0.717) is 34.2 Å². The molecule has 0 saturated heterocycles. The van der Waals surface area contributed by atoms with Gasteiger partial charge in [0, 0.05) is 23.0 Å². The van der Waals surface area contributed by atoms with E-state index in [-0.39, 0.29) is 25.0 Å². The van der Waals surface area contributed by atoms with Crippen LogP contribution in [0.15, 0.2) is 47.6 Å². The van der Waals surface area contributed by atoms with Gasteiger partial charge in [-0.3, -0.25) is 9.59 Å². The molecule has 2 amide bonds. The zero-order chi connectivity index (χ0) is 19.2. The maximum Gasteiger partial charge on any atom is 0.271 e. The van der Waals surface area contributed by atoms with E-state index in [4.69, 9.17) is 14.2 Å². The zero-order valence-corrected chi connectivity index (χ0v) is 14.9. The maximum absolute atomic E-state index is 12.1. The summed E-state index contributed by atoms with van der Waals surface area (Å²) in [6.45, 7) is 1.83. The molecular weight excluding hydrogens is 350 g/mol. The number of carbonyl (C=O) groups excluding carboxylic acids is 2. The number of anilines is 1. The maximum atomic E-state index is 12.1. The molecule has 8 nitrogen and oxygen atoms in total. The Kier molecular flexibility index (Phi) is 5.55. The lowest BCUT2D eigenvalue weighted by Gasteiger charge is -2.07. The standard InChI is InChI=1S/C19H19N3O5/c1-12(21-22-19(24)13-3-6-15(25-2)7-4-13)9-18(23)20-14-5-8-16-17(10-14)27-11-26-16/h3-8,10H,9,11H2,1-2H3,(H,20,23)(H,22,24)/b21-12-. The third-order valence-electron chi connectivity index (χ3n) is 3.77. The Labute approximate surface area is 156 Å². The van der Waals surface area contributed by atoms with Crippen molar-refractivity contribution in [1.82, 2.24) is 5.43 Å². The average molecular weight is 369 g/mol. The molecule has 3 rings (SSSR count). The highest BCUT2D eigenvalue weighted by atomic mass is 16.7. The number of nitrogens with one attached hydrogen (secondary N) is 2. The highest BCUT2D eigenvalue weighted by Crippen LogP contribution is 2.34. The van der Waals surface area contributed by atoms with Gasteiger partial charge in [-0.25, -0.2) is 5.43 Å². The molecule has 8 heteroatoms. The van der Waals surface area contributed by atoms with E-state index in [2.05, 4.69) is 15.8 Å². The summed E-state index contributed by atoms with van der Waals surface area (Å²) in [6, 6.07) is 11.8. The van der Waals surface area contributed by atoms with Gasteiger partial charge in [0.1, 0.15) is 5.75 Å². The fourth-order valence-corrected chi connectivity index (χ4v) is 2.40. The first kappa shape index (κ1) is 18.2. The smallest absolute Gasteiger partial charge is 0.271 e. The molecule has 27 heavy (non-hydrogen) atoms. The van der Waals surface area contributed by atoms with Crippen molar-refractivity contribution < 1.29 is 23.8 Å². The van der Waals surface area contributed by atoms with Crippen LogP contribution in [0, 0.1) is 0 Å². The molecule has 0 unspecified atom stereocenters. The largest absolute Gasteiger partial charge is 0.497 e. The molecule has 1 aliphatic rings. The summed E-state index contributed by atoms with van der Waals surface area (Å²) in [5.74, 6) is 1.27. The SMILES string of the molecule is COc1ccc(C(=O)N/N=C(/C)CC(=O)Nc2ccc3c(c2)OCO3)cc1. The van der Waals surface area contributed by atoms with Gasteiger partial charge in [0.25, 0.3) is 5.91 Å². The summed E-state index contributed by atoms with van der Waals surface area (Å²) < 4.78 is 15.5. The third kappa shape index (κ3) is 4.75. The minimum Gasteiger partial charge on any atom is -0.497 e. The number of nitrogens with zero attached hydrogens (tertiary/aromatic N) is 1. The van der Waals surface area contributed by atoms with Gasteiger partial charge in [-0.15, -0.1) is 0 Å². The van der Waals surface area contributed by atoms with E-state index in [1.54, 1.807) is 56.5 Å². The Balaban J connectivity index is 1.51. The van der Waals surface area contributed by atoms with E-state index in [0.717, 1.165) is 0 Å². The van der Waals surface area contributed by atoms with Crippen LogP contribution in [-0.4, -0.2) is 31.4 Å². The Morgan fingerprint density at radius 1 is 1.11 bits per heavy atom. The lowest BCUT2D eigenvalue weighted by atomic mass is 10.2. The predicted octanol–water partition coefficient (Wildman–Crippen LogP) is 2.56.